The van der Waals surface area contributed by atoms with Crippen LogP contribution in [-0.4, -0.2) is 28.7 Å². The van der Waals surface area contributed by atoms with Crippen LogP contribution in [0.15, 0.2) is 24.3 Å². The number of nitrogens with two attached hydrogens (primary N) is 1. The normalized spacial score (nSPS) is 10.5. The van der Waals surface area contributed by atoms with Crippen LogP contribution in [0.2, 0.25) is 5.02 Å². The first kappa shape index (κ1) is 17.0. The summed E-state index contributed by atoms with van der Waals surface area (Å²) in [6.45, 7) is 3.33. The number of methoxy groups -OCH3 is 1. The Balaban J connectivity index is 0.000000211. The van der Waals surface area contributed by atoms with Gasteiger partial charge in [0, 0.05) is 11.6 Å². The lowest BCUT2D eigenvalue weighted by Gasteiger charge is -2.13. The molecule has 4 N–H and O–H groups in total. The number of carbonyl (C=O) groups excluding carboxylic acids is 1. The molecule has 0 radical (unpaired) electrons. The number of benzene rings is 1. The van der Waals surface area contributed by atoms with Crippen LogP contribution in [-0.2, 0) is 5.60 Å². The van der Waals surface area contributed by atoms with Gasteiger partial charge in [-0.05, 0) is 32.0 Å². The molecule has 0 spiro atoms. The molecule has 0 unspecified atom stereocenters. The van der Waals surface area contributed by atoms with Crippen molar-refractivity contribution >= 4 is 23.7 Å². The fraction of sp³-hybridized carbons (Fsp3) is 0.286. The largest absolute Gasteiger partial charge is 0.495 e. The first-order valence-electron chi connectivity index (χ1n) is 6.10. The van der Waals surface area contributed by atoms with E-state index in [4.69, 9.17) is 22.1 Å². The molecule has 1 aromatic carbocycles. The number of ether oxygens (including phenoxy) is 1. The van der Waals surface area contributed by atoms with E-state index in [9.17, 15) is 9.90 Å². The van der Waals surface area contributed by atoms with Crippen LogP contribution < -0.4 is 10.5 Å². The fourth-order valence-electron chi connectivity index (χ4n) is 1.41. The van der Waals surface area contributed by atoms with Crippen molar-refractivity contribution in [2.24, 2.45) is 0 Å². The van der Waals surface area contributed by atoms with E-state index in [0.29, 0.717) is 27.8 Å². The zero-order chi connectivity index (χ0) is 16.0. The third kappa shape index (κ3) is 5.09. The lowest BCUT2D eigenvalue weighted by molar-refractivity contribution is 0.0738. The van der Waals surface area contributed by atoms with E-state index in [-0.39, 0.29) is 0 Å². The smallest absolute Gasteiger partial charge is 0.150 e. The Morgan fingerprint density at radius 1 is 1.43 bits per heavy atom. The molecule has 0 saturated carbocycles. The van der Waals surface area contributed by atoms with Gasteiger partial charge in [0.15, 0.2) is 0 Å². The van der Waals surface area contributed by atoms with Crippen molar-refractivity contribution in [3.05, 3.63) is 40.5 Å². The highest BCUT2D eigenvalue weighted by Gasteiger charge is 2.17. The summed E-state index contributed by atoms with van der Waals surface area (Å²) >= 11 is 5.72. The topological polar surface area (TPSA) is 101 Å². The molecule has 21 heavy (non-hydrogen) atoms. The molecule has 6 nitrogen and oxygen atoms in total. The molecule has 114 valence electrons. The molecule has 0 bridgehead atoms. The fourth-order valence-corrected chi connectivity index (χ4v) is 1.67. The van der Waals surface area contributed by atoms with E-state index in [0.717, 1.165) is 6.29 Å². The zero-order valence-electron chi connectivity index (χ0n) is 12.1. The summed E-state index contributed by atoms with van der Waals surface area (Å²) in [4.78, 5) is 10.3. The maximum absolute atomic E-state index is 10.3. The number of hydrogen-bond acceptors (Lipinski definition) is 5. The molecule has 1 heterocycles. The van der Waals surface area contributed by atoms with Crippen molar-refractivity contribution < 1.29 is 14.6 Å². The van der Waals surface area contributed by atoms with E-state index in [1.807, 2.05) is 0 Å². The van der Waals surface area contributed by atoms with Crippen LogP contribution in [0, 0.1) is 0 Å². The molecule has 0 fully saturated rings. The molecule has 0 aliphatic carbocycles. The first-order chi connectivity index (χ1) is 9.77. The molecule has 0 atom stereocenters. The Morgan fingerprint density at radius 2 is 2.10 bits per heavy atom. The lowest BCUT2D eigenvalue weighted by Crippen LogP contribution is -2.15. The summed E-state index contributed by atoms with van der Waals surface area (Å²) < 4.78 is 4.90. The molecular weight excluding hydrogens is 294 g/mol. The van der Waals surface area contributed by atoms with Gasteiger partial charge in [-0.2, -0.15) is 5.10 Å². The lowest BCUT2D eigenvalue weighted by atomic mass is 10.1. The highest BCUT2D eigenvalue weighted by atomic mass is 35.5. The number of rotatable bonds is 3. The van der Waals surface area contributed by atoms with E-state index in [2.05, 4.69) is 10.2 Å². The summed E-state index contributed by atoms with van der Waals surface area (Å²) in [5.41, 5.74) is 5.62. The van der Waals surface area contributed by atoms with Gasteiger partial charge in [0.2, 0.25) is 0 Å². The number of aldehydes is 1. The minimum Gasteiger partial charge on any atom is -0.495 e. The van der Waals surface area contributed by atoms with Crippen molar-refractivity contribution in [1.82, 2.24) is 10.2 Å². The maximum atomic E-state index is 10.3. The maximum Gasteiger partial charge on any atom is 0.150 e. The van der Waals surface area contributed by atoms with Gasteiger partial charge in [-0.25, -0.2) is 0 Å². The van der Waals surface area contributed by atoms with Crippen LogP contribution >= 0.6 is 11.6 Å². The summed E-state index contributed by atoms with van der Waals surface area (Å²) in [6.07, 6.45) is 0.741. The third-order valence-corrected chi connectivity index (χ3v) is 2.86. The number of anilines is 1. The van der Waals surface area contributed by atoms with Crippen molar-refractivity contribution in [3.8, 4) is 5.75 Å². The number of halogens is 1. The van der Waals surface area contributed by atoms with Gasteiger partial charge in [-0.3, -0.25) is 9.89 Å². The highest BCUT2D eigenvalue weighted by Crippen LogP contribution is 2.24. The van der Waals surface area contributed by atoms with Crippen LogP contribution in [0.1, 0.15) is 29.9 Å². The first-order valence-corrected chi connectivity index (χ1v) is 6.48. The van der Waals surface area contributed by atoms with Gasteiger partial charge in [-0.1, -0.05) is 11.6 Å². The van der Waals surface area contributed by atoms with Crippen LogP contribution in [0.3, 0.4) is 0 Å². The second-order valence-electron chi connectivity index (χ2n) is 4.78. The van der Waals surface area contributed by atoms with Gasteiger partial charge in [0.05, 0.1) is 17.8 Å². The molecule has 0 saturated heterocycles. The van der Waals surface area contributed by atoms with Gasteiger partial charge in [0.1, 0.15) is 23.5 Å². The number of aliphatic hydroxyl groups is 1. The van der Waals surface area contributed by atoms with Gasteiger partial charge >= 0.3 is 0 Å². The molecule has 7 heteroatoms. The van der Waals surface area contributed by atoms with Crippen molar-refractivity contribution in [1.29, 1.82) is 0 Å². The highest BCUT2D eigenvalue weighted by molar-refractivity contribution is 6.32. The van der Waals surface area contributed by atoms with Crippen LogP contribution in [0.4, 0.5) is 5.82 Å². The zero-order valence-corrected chi connectivity index (χ0v) is 12.8. The van der Waals surface area contributed by atoms with E-state index in [1.54, 1.807) is 38.1 Å². The van der Waals surface area contributed by atoms with Crippen molar-refractivity contribution in [2.75, 3.05) is 12.8 Å². The second kappa shape index (κ2) is 7.10. The van der Waals surface area contributed by atoms with Gasteiger partial charge in [0.25, 0.3) is 0 Å². The predicted molar refractivity (Wildman–Crippen MR) is 81.6 cm³/mol. The van der Waals surface area contributed by atoms with Crippen molar-refractivity contribution in [3.63, 3.8) is 0 Å². The molecule has 0 aliphatic rings. The molecule has 1 aromatic heterocycles. The Hall–Kier alpha value is -2.05. The minimum atomic E-state index is -0.884. The van der Waals surface area contributed by atoms with E-state index < -0.39 is 5.60 Å². The summed E-state index contributed by atoms with van der Waals surface area (Å²) in [5.74, 6) is 0.981. The Labute approximate surface area is 127 Å². The number of nitrogens with one attached hydrogen (secondary N) is 1. The summed E-state index contributed by atoms with van der Waals surface area (Å²) in [5, 5.41) is 16.1. The molecular formula is C14H18ClN3O3. The Bertz CT molecular complexity index is 606. The van der Waals surface area contributed by atoms with E-state index >= 15 is 0 Å². The number of aromatic nitrogens is 2. The molecule has 0 aliphatic heterocycles. The number of H-pyrrole nitrogens is 1. The average molecular weight is 312 g/mol. The van der Waals surface area contributed by atoms with Gasteiger partial charge < -0.3 is 15.6 Å². The van der Waals surface area contributed by atoms with Crippen molar-refractivity contribution in [2.45, 2.75) is 19.4 Å². The number of hydrogen-bond donors (Lipinski definition) is 3. The standard InChI is InChI=1S/C8H7ClO2.C6H11N3O/c1-11-8-3-2-6(5-10)4-7(8)9;1-6(2,10)4-3-5(7)9-8-4/h2-5H,1H3;3,10H,1-2H3,(H3,7,8,9). The Morgan fingerprint density at radius 3 is 2.43 bits per heavy atom. The van der Waals surface area contributed by atoms with Crippen LogP contribution in [0.5, 0.6) is 5.75 Å². The van der Waals surface area contributed by atoms with Crippen LogP contribution in [0.25, 0.3) is 0 Å². The third-order valence-electron chi connectivity index (χ3n) is 2.57. The SMILES string of the molecule is CC(C)(O)c1cc(N)n[nH]1.COc1ccc(C=O)cc1Cl. The molecule has 2 aromatic rings. The molecule has 2 rings (SSSR count). The number of nitrogens with zero attached hydrogens (tertiary/aromatic N) is 1. The monoisotopic (exact) mass is 311 g/mol. The number of aromatic amines is 1. The average Bonchev–Trinajstić information content (AvgIpc) is 2.86. The Kier molecular flexibility index (Phi) is 5.75. The summed E-state index contributed by atoms with van der Waals surface area (Å²) in [6, 6.07) is 6.48. The summed E-state index contributed by atoms with van der Waals surface area (Å²) in [7, 11) is 1.53. The van der Waals surface area contributed by atoms with Gasteiger partial charge in [-0.15, -0.1) is 0 Å². The number of carbonyl (C=O) groups is 1. The minimum absolute atomic E-state index is 0.400. The molecule has 0 amide bonds. The predicted octanol–water partition coefficient (Wildman–Crippen LogP) is 2.38. The quantitative estimate of drug-likeness (QED) is 0.755. The number of nitrogen functional groups attached to an aromatic ring is 1. The van der Waals surface area contributed by atoms with E-state index in [1.165, 1.54) is 7.11 Å². The second-order valence-corrected chi connectivity index (χ2v) is 5.18.